The van der Waals surface area contributed by atoms with E-state index in [2.05, 4.69) is 20.9 Å². The number of hydrogen-bond donors (Lipinski definition) is 2. The number of aromatic amines is 1. The summed E-state index contributed by atoms with van der Waals surface area (Å²) in [7, 11) is 0. The van der Waals surface area contributed by atoms with Crippen molar-refractivity contribution in [3.8, 4) is 0 Å². The van der Waals surface area contributed by atoms with Crippen LogP contribution in [0.1, 0.15) is 41.4 Å². The molecule has 1 amide bonds. The summed E-state index contributed by atoms with van der Waals surface area (Å²) >= 11 is 9.72. The lowest BCUT2D eigenvalue weighted by Gasteiger charge is -2.20. The Labute approximate surface area is 141 Å². The highest BCUT2D eigenvalue weighted by Crippen LogP contribution is 2.40. The Bertz CT molecular complexity index is 797. The quantitative estimate of drug-likeness (QED) is 0.846. The summed E-state index contributed by atoms with van der Waals surface area (Å²) in [6.45, 7) is 1.89. The average molecular weight is 384 g/mol. The van der Waals surface area contributed by atoms with E-state index in [0.717, 1.165) is 34.0 Å². The summed E-state index contributed by atoms with van der Waals surface area (Å²) in [6.07, 6.45) is 2.86. The summed E-state index contributed by atoms with van der Waals surface area (Å²) in [4.78, 5) is 27.0. The van der Waals surface area contributed by atoms with Gasteiger partial charge in [-0.25, -0.2) is 0 Å². The lowest BCUT2D eigenvalue weighted by molar-refractivity contribution is -0.122. The number of carbonyl (C=O) groups is 2. The molecule has 1 unspecified atom stereocenters. The van der Waals surface area contributed by atoms with Crippen molar-refractivity contribution < 1.29 is 9.59 Å². The minimum atomic E-state index is -0.515. The molecular formula is C16H16BrClN2O2. The van der Waals surface area contributed by atoms with Crippen LogP contribution in [0.4, 0.5) is 0 Å². The third kappa shape index (κ3) is 2.36. The van der Waals surface area contributed by atoms with Crippen LogP contribution in [0.2, 0.25) is 5.02 Å². The fraction of sp³-hybridized carbons (Fsp3) is 0.375. The third-order valence-electron chi connectivity index (χ3n) is 4.42. The third-order valence-corrected chi connectivity index (χ3v) is 5.77. The van der Waals surface area contributed by atoms with Gasteiger partial charge in [0.25, 0.3) is 5.91 Å². The Morgan fingerprint density at radius 1 is 1.50 bits per heavy atom. The first kappa shape index (κ1) is 15.6. The number of benzene rings is 1. The molecule has 1 atom stereocenters. The highest BCUT2D eigenvalue weighted by Gasteiger charge is 2.28. The van der Waals surface area contributed by atoms with Crippen LogP contribution in [-0.4, -0.2) is 16.7 Å². The van der Waals surface area contributed by atoms with Crippen molar-refractivity contribution in [2.75, 3.05) is 0 Å². The largest absolute Gasteiger partial charge is 0.366 e. The van der Waals surface area contributed by atoms with Crippen molar-refractivity contribution in [1.82, 2.24) is 4.98 Å². The number of amides is 1. The van der Waals surface area contributed by atoms with Crippen LogP contribution in [-0.2, 0) is 17.6 Å². The monoisotopic (exact) mass is 382 g/mol. The van der Waals surface area contributed by atoms with Gasteiger partial charge in [0, 0.05) is 27.9 Å². The predicted molar refractivity (Wildman–Crippen MR) is 90.3 cm³/mol. The Hall–Kier alpha value is -1.33. The number of nitrogens with one attached hydrogen (secondary N) is 1. The summed E-state index contributed by atoms with van der Waals surface area (Å²) < 4.78 is 0.770. The van der Waals surface area contributed by atoms with Crippen LogP contribution in [0.5, 0.6) is 0 Å². The van der Waals surface area contributed by atoms with Crippen LogP contribution in [0.15, 0.2) is 10.5 Å². The first-order valence-corrected chi connectivity index (χ1v) is 8.45. The van der Waals surface area contributed by atoms with E-state index in [1.165, 1.54) is 0 Å². The maximum atomic E-state index is 12.0. The topological polar surface area (TPSA) is 75.9 Å². The molecule has 116 valence electrons. The molecule has 1 aromatic heterocycles. The van der Waals surface area contributed by atoms with Crippen molar-refractivity contribution in [3.63, 3.8) is 0 Å². The second kappa shape index (κ2) is 5.70. The molecule has 1 heterocycles. The molecular weight excluding hydrogens is 368 g/mol. The van der Waals surface area contributed by atoms with Gasteiger partial charge >= 0.3 is 0 Å². The van der Waals surface area contributed by atoms with Crippen LogP contribution in [0.25, 0.3) is 10.9 Å². The molecule has 0 aliphatic heterocycles. The summed E-state index contributed by atoms with van der Waals surface area (Å²) in [6, 6.07) is 1.58. The molecule has 0 fully saturated rings. The minimum Gasteiger partial charge on any atom is -0.366 e. The predicted octanol–water partition coefficient (Wildman–Crippen LogP) is 3.77. The second-order valence-corrected chi connectivity index (χ2v) is 6.88. The van der Waals surface area contributed by atoms with Gasteiger partial charge < -0.3 is 10.7 Å². The minimum absolute atomic E-state index is 0.0526. The first-order chi connectivity index (χ1) is 10.4. The van der Waals surface area contributed by atoms with Crippen molar-refractivity contribution in [3.05, 3.63) is 32.4 Å². The zero-order valence-corrected chi connectivity index (χ0v) is 14.5. The fourth-order valence-corrected chi connectivity index (χ4v) is 4.05. The number of Topliss-reactive ketones (excluding diaryl/α,β-unsaturated/α-hetero) is 1. The molecule has 0 radical (unpaired) electrons. The van der Waals surface area contributed by atoms with Gasteiger partial charge in [-0.05, 0) is 46.8 Å². The maximum absolute atomic E-state index is 12.0. The van der Waals surface area contributed by atoms with Crippen LogP contribution < -0.4 is 5.73 Å². The van der Waals surface area contributed by atoms with Crippen molar-refractivity contribution in [2.45, 2.75) is 32.6 Å². The number of halogens is 2. The zero-order chi connectivity index (χ0) is 16.0. The smallest absolute Gasteiger partial charge is 0.250 e. The second-order valence-electron chi connectivity index (χ2n) is 5.68. The van der Waals surface area contributed by atoms with Gasteiger partial charge in [0.05, 0.1) is 16.1 Å². The van der Waals surface area contributed by atoms with E-state index in [4.69, 9.17) is 17.3 Å². The molecule has 1 aromatic carbocycles. The number of nitrogens with two attached hydrogens (primary N) is 1. The highest BCUT2D eigenvalue weighted by atomic mass is 79.9. The summed E-state index contributed by atoms with van der Waals surface area (Å²) in [5.41, 5.74) is 8.70. The first-order valence-electron chi connectivity index (χ1n) is 7.28. The Balaban J connectivity index is 2.20. The van der Waals surface area contributed by atoms with E-state index >= 15 is 0 Å². The van der Waals surface area contributed by atoms with Crippen molar-refractivity contribution >= 4 is 50.1 Å². The number of ketones is 1. The molecule has 22 heavy (non-hydrogen) atoms. The number of primary amides is 1. The maximum Gasteiger partial charge on any atom is 0.250 e. The average Bonchev–Trinajstić information content (AvgIpc) is 2.88. The van der Waals surface area contributed by atoms with E-state index in [1.807, 2.05) is 6.92 Å². The normalized spacial score (nSPS) is 17.5. The molecule has 1 aliphatic carbocycles. The molecule has 0 bridgehead atoms. The standard InChI is InChI=1S/C16H16BrClN2O2/c1-2-12(21)7-3-4-8-11(5-7)20-15-9(16(19)22)6-10(18)14(17)13(8)15/h6-7,20H,2-5H2,1H3,(H2,19,22). The fourth-order valence-electron chi connectivity index (χ4n) is 3.29. The van der Waals surface area contributed by atoms with Crippen LogP contribution in [0.3, 0.4) is 0 Å². The number of H-pyrrole nitrogens is 1. The van der Waals surface area contributed by atoms with Gasteiger partial charge in [-0.3, -0.25) is 9.59 Å². The van der Waals surface area contributed by atoms with Gasteiger partial charge in [0.2, 0.25) is 0 Å². The molecule has 0 saturated heterocycles. The van der Waals surface area contributed by atoms with E-state index in [-0.39, 0.29) is 11.7 Å². The number of aryl methyl sites for hydroxylation is 1. The lowest BCUT2D eigenvalue weighted by Crippen LogP contribution is -2.21. The number of hydrogen-bond acceptors (Lipinski definition) is 2. The summed E-state index contributed by atoms with van der Waals surface area (Å²) in [5.74, 6) is -0.174. The number of carbonyl (C=O) groups excluding carboxylic acids is 2. The van der Waals surface area contributed by atoms with E-state index < -0.39 is 5.91 Å². The number of rotatable bonds is 3. The molecule has 0 saturated carbocycles. The van der Waals surface area contributed by atoms with Crippen LogP contribution in [0, 0.1) is 5.92 Å². The van der Waals surface area contributed by atoms with E-state index in [0.29, 0.717) is 28.9 Å². The molecule has 3 rings (SSSR count). The van der Waals surface area contributed by atoms with Gasteiger partial charge in [0.1, 0.15) is 5.78 Å². The molecule has 1 aliphatic rings. The van der Waals surface area contributed by atoms with Crippen LogP contribution >= 0.6 is 27.5 Å². The highest BCUT2D eigenvalue weighted by molar-refractivity contribution is 9.10. The van der Waals surface area contributed by atoms with Crippen molar-refractivity contribution in [1.29, 1.82) is 0 Å². The SMILES string of the molecule is CCC(=O)C1CCc2c([nH]c3c(C(N)=O)cc(Cl)c(Br)c23)C1. The lowest BCUT2D eigenvalue weighted by atomic mass is 9.83. The van der Waals surface area contributed by atoms with Gasteiger partial charge in [-0.15, -0.1) is 0 Å². The Kier molecular flexibility index (Phi) is 4.03. The Morgan fingerprint density at radius 3 is 2.86 bits per heavy atom. The molecule has 0 spiro atoms. The van der Waals surface area contributed by atoms with Crippen molar-refractivity contribution in [2.24, 2.45) is 11.7 Å². The van der Waals surface area contributed by atoms with Gasteiger partial charge in [-0.1, -0.05) is 18.5 Å². The Morgan fingerprint density at radius 2 is 2.23 bits per heavy atom. The molecule has 2 aromatic rings. The number of aromatic nitrogens is 1. The van der Waals surface area contributed by atoms with Gasteiger partial charge in [-0.2, -0.15) is 0 Å². The molecule has 3 N–H and O–H groups in total. The van der Waals surface area contributed by atoms with E-state index in [9.17, 15) is 9.59 Å². The molecule has 6 heteroatoms. The zero-order valence-electron chi connectivity index (χ0n) is 12.1. The van der Waals surface area contributed by atoms with E-state index in [1.54, 1.807) is 6.07 Å². The summed E-state index contributed by atoms with van der Waals surface area (Å²) in [5, 5.41) is 1.38. The molecule has 4 nitrogen and oxygen atoms in total. The van der Waals surface area contributed by atoms with Gasteiger partial charge in [0.15, 0.2) is 0 Å². The number of fused-ring (bicyclic) bond motifs is 3.